The third-order valence-electron chi connectivity index (χ3n) is 4.08. The Morgan fingerprint density at radius 3 is 3.00 bits per heavy atom. The second-order valence-electron chi connectivity index (χ2n) is 6.00. The molecule has 6 heteroatoms. The molecule has 0 aliphatic rings. The maximum Gasteiger partial charge on any atom is 0.251 e. The molecule has 0 unspecified atom stereocenters. The van der Waals surface area contributed by atoms with Crippen LogP contribution >= 0.6 is 11.3 Å². The molecule has 0 aliphatic heterocycles. The van der Waals surface area contributed by atoms with Crippen molar-refractivity contribution in [2.75, 3.05) is 6.61 Å². The SMILES string of the molecule is CCCCCOc1cccc(CNC(=O)c2ccc3ncsc3c2)c1F. The molecule has 1 N–H and O–H groups in total. The molecule has 0 bridgehead atoms. The van der Waals surface area contributed by atoms with Crippen LogP contribution in [-0.2, 0) is 6.54 Å². The van der Waals surface area contributed by atoms with Crippen LogP contribution in [0.15, 0.2) is 41.9 Å². The van der Waals surface area contributed by atoms with Gasteiger partial charge in [0.15, 0.2) is 11.6 Å². The smallest absolute Gasteiger partial charge is 0.251 e. The van der Waals surface area contributed by atoms with Gasteiger partial charge in [0, 0.05) is 17.7 Å². The number of halogens is 1. The Kier molecular flexibility index (Phi) is 6.17. The number of fused-ring (bicyclic) bond motifs is 1. The van der Waals surface area contributed by atoms with Crippen LogP contribution in [0, 0.1) is 5.82 Å². The van der Waals surface area contributed by atoms with Gasteiger partial charge < -0.3 is 10.1 Å². The number of nitrogens with zero attached hydrogens (tertiary/aromatic N) is 1. The fourth-order valence-corrected chi connectivity index (χ4v) is 3.33. The highest BCUT2D eigenvalue weighted by atomic mass is 32.1. The van der Waals surface area contributed by atoms with Gasteiger partial charge in [0.2, 0.25) is 0 Å². The summed E-state index contributed by atoms with van der Waals surface area (Å²) in [5.74, 6) is -0.421. The summed E-state index contributed by atoms with van der Waals surface area (Å²) < 4.78 is 21.0. The number of rotatable bonds is 8. The third-order valence-corrected chi connectivity index (χ3v) is 4.87. The van der Waals surface area contributed by atoms with Crippen molar-refractivity contribution in [3.8, 4) is 5.75 Å². The van der Waals surface area contributed by atoms with Gasteiger partial charge in [-0.1, -0.05) is 31.9 Å². The van der Waals surface area contributed by atoms with E-state index in [9.17, 15) is 9.18 Å². The Balaban J connectivity index is 1.62. The van der Waals surface area contributed by atoms with Crippen LogP contribution in [0.5, 0.6) is 5.75 Å². The molecule has 0 aliphatic carbocycles. The van der Waals surface area contributed by atoms with E-state index in [2.05, 4.69) is 17.2 Å². The van der Waals surface area contributed by atoms with Crippen molar-refractivity contribution < 1.29 is 13.9 Å². The fourth-order valence-electron chi connectivity index (χ4n) is 2.61. The number of unbranched alkanes of at least 4 members (excludes halogenated alkanes) is 2. The largest absolute Gasteiger partial charge is 0.491 e. The zero-order valence-electron chi connectivity index (χ0n) is 14.6. The standard InChI is InChI=1S/C20H21FN2O2S/c1-2-3-4-10-25-17-7-5-6-15(19(17)21)12-22-20(24)14-8-9-16-18(11-14)26-13-23-16/h5-9,11,13H,2-4,10,12H2,1H3,(H,22,24). The van der Waals surface area contributed by atoms with Gasteiger partial charge in [0.05, 0.1) is 22.3 Å². The lowest BCUT2D eigenvalue weighted by atomic mass is 10.1. The summed E-state index contributed by atoms with van der Waals surface area (Å²) in [5, 5.41) is 2.77. The molecule has 0 spiro atoms. The molecule has 4 nitrogen and oxygen atoms in total. The number of carbonyl (C=O) groups excluding carboxylic acids is 1. The van der Waals surface area contributed by atoms with Crippen molar-refractivity contribution in [2.24, 2.45) is 0 Å². The quantitative estimate of drug-likeness (QED) is 0.570. The fraction of sp³-hybridized carbons (Fsp3) is 0.300. The zero-order chi connectivity index (χ0) is 18.4. The molecule has 0 fully saturated rings. The molecule has 0 saturated heterocycles. The van der Waals surface area contributed by atoms with Gasteiger partial charge in [0.25, 0.3) is 5.91 Å². The number of thiazole rings is 1. The van der Waals surface area contributed by atoms with Crippen LogP contribution in [0.1, 0.15) is 42.1 Å². The van der Waals surface area contributed by atoms with Crippen LogP contribution < -0.4 is 10.1 Å². The van der Waals surface area contributed by atoms with E-state index in [1.807, 2.05) is 6.07 Å². The first kappa shape index (κ1) is 18.3. The van der Waals surface area contributed by atoms with E-state index in [1.54, 1.807) is 35.8 Å². The molecule has 136 valence electrons. The summed E-state index contributed by atoms with van der Waals surface area (Å²) in [6.45, 7) is 2.71. The predicted molar refractivity (Wildman–Crippen MR) is 102 cm³/mol. The Morgan fingerprint density at radius 1 is 1.27 bits per heavy atom. The lowest BCUT2D eigenvalue weighted by Gasteiger charge is -2.11. The van der Waals surface area contributed by atoms with E-state index < -0.39 is 5.82 Å². The van der Waals surface area contributed by atoms with E-state index in [0.717, 1.165) is 29.5 Å². The van der Waals surface area contributed by atoms with Gasteiger partial charge >= 0.3 is 0 Å². The Hall–Kier alpha value is -2.47. The molecule has 0 atom stereocenters. The van der Waals surface area contributed by atoms with E-state index in [-0.39, 0.29) is 18.2 Å². The summed E-state index contributed by atoms with van der Waals surface area (Å²) >= 11 is 1.48. The highest BCUT2D eigenvalue weighted by Gasteiger charge is 2.12. The summed E-state index contributed by atoms with van der Waals surface area (Å²) in [6.07, 6.45) is 3.05. The van der Waals surface area contributed by atoms with Crippen molar-refractivity contribution in [3.63, 3.8) is 0 Å². The van der Waals surface area contributed by atoms with Gasteiger partial charge in [-0.3, -0.25) is 4.79 Å². The van der Waals surface area contributed by atoms with Crippen molar-refractivity contribution in [1.82, 2.24) is 10.3 Å². The molecule has 0 radical (unpaired) electrons. The van der Waals surface area contributed by atoms with Gasteiger partial charge in [-0.15, -0.1) is 11.3 Å². The summed E-state index contributed by atoms with van der Waals surface area (Å²) in [6, 6.07) is 10.3. The van der Waals surface area contributed by atoms with Crippen molar-refractivity contribution in [2.45, 2.75) is 32.7 Å². The number of carbonyl (C=O) groups is 1. The average molecular weight is 372 g/mol. The van der Waals surface area contributed by atoms with Crippen LogP contribution in [0.2, 0.25) is 0 Å². The number of amides is 1. The lowest BCUT2D eigenvalue weighted by molar-refractivity contribution is 0.0950. The van der Waals surface area contributed by atoms with E-state index in [0.29, 0.717) is 17.7 Å². The monoisotopic (exact) mass is 372 g/mol. The van der Waals surface area contributed by atoms with Crippen LogP contribution in [-0.4, -0.2) is 17.5 Å². The van der Waals surface area contributed by atoms with E-state index >= 15 is 0 Å². The molecular formula is C20H21FN2O2S. The minimum atomic E-state index is -0.415. The molecule has 26 heavy (non-hydrogen) atoms. The maximum atomic E-state index is 14.5. The second-order valence-corrected chi connectivity index (χ2v) is 6.89. The van der Waals surface area contributed by atoms with Gasteiger partial charge in [0.1, 0.15) is 0 Å². The number of ether oxygens (including phenoxy) is 1. The van der Waals surface area contributed by atoms with Crippen molar-refractivity contribution >= 4 is 27.5 Å². The van der Waals surface area contributed by atoms with E-state index in [4.69, 9.17) is 4.74 Å². The zero-order valence-corrected chi connectivity index (χ0v) is 15.4. The first-order valence-electron chi connectivity index (χ1n) is 8.70. The Bertz CT molecular complexity index is 894. The van der Waals surface area contributed by atoms with Crippen LogP contribution in [0.25, 0.3) is 10.2 Å². The maximum absolute atomic E-state index is 14.5. The summed E-state index contributed by atoms with van der Waals surface area (Å²) in [5.41, 5.74) is 3.55. The highest BCUT2D eigenvalue weighted by Crippen LogP contribution is 2.22. The topological polar surface area (TPSA) is 51.2 Å². The first-order valence-corrected chi connectivity index (χ1v) is 9.58. The number of benzene rings is 2. The number of hydrogen-bond acceptors (Lipinski definition) is 4. The summed E-state index contributed by atoms with van der Waals surface area (Å²) in [7, 11) is 0. The van der Waals surface area contributed by atoms with Crippen molar-refractivity contribution in [3.05, 3.63) is 58.9 Å². The summed E-state index contributed by atoms with van der Waals surface area (Å²) in [4.78, 5) is 16.5. The minimum absolute atomic E-state index is 0.109. The molecule has 3 rings (SSSR count). The molecule has 1 amide bonds. The molecule has 1 heterocycles. The Morgan fingerprint density at radius 2 is 2.15 bits per heavy atom. The van der Waals surface area contributed by atoms with Gasteiger partial charge in [-0.2, -0.15) is 0 Å². The first-order chi connectivity index (χ1) is 12.7. The molecular weight excluding hydrogens is 351 g/mol. The van der Waals surface area contributed by atoms with Crippen molar-refractivity contribution in [1.29, 1.82) is 0 Å². The molecule has 2 aromatic carbocycles. The van der Waals surface area contributed by atoms with Crippen LogP contribution in [0.4, 0.5) is 4.39 Å². The second kappa shape index (κ2) is 8.76. The minimum Gasteiger partial charge on any atom is -0.491 e. The van der Waals surface area contributed by atoms with Crippen LogP contribution in [0.3, 0.4) is 0 Å². The highest BCUT2D eigenvalue weighted by molar-refractivity contribution is 7.16. The number of hydrogen-bond donors (Lipinski definition) is 1. The Labute approximate surface area is 156 Å². The lowest BCUT2D eigenvalue weighted by Crippen LogP contribution is -2.23. The molecule has 1 aromatic heterocycles. The molecule has 0 saturated carbocycles. The van der Waals surface area contributed by atoms with Gasteiger partial charge in [-0.25, -0.2) is 9.37 Å². The predicted octanol–water partition coefficient (Wildman–Crippen LogP) is 4.93. The molecule has 3 aromatic rings. The third kappa shape index (κ3) is 4.38. The van der Waals surface area contributed by atoms with E-state index in [1.165, 1.54) is 11.3 Å². The number of aromatic nitrogens is 1. The van der Waals surface area contributed by atoms with Gasteiger partial charge in [-0.05, 0) is 30.7 Å². The number of nitrogens with one attached hydrogen (secondary N) is 1. The normalized spacial score (nSPS) is 10.8. The average Bonchev–Trinajstić information content (AvgIpc) is 3.13.